The van der Waals surface area contributed by atoms with Crippen LogP contribution in [-0.2, 0) is 10.0 Å². The van der Waals surface area contributed by atoms with Gasteiger partial charge in [-0.05, 0) is 37.5 Å². The molecule has 1 aromatic carbocycles. The predicted octanol–water partition coefficient (Wildman–Crippen LogP) is 1.45. The van der Waals surface area contributed by atoms with Crippen molar-refractivity contribution >= 4 is 15.7 Å². The van der Waals surface area contributed by atoms with Gasteiger partial charge >= 0.3 is 0 Å². The molecule has 0 unspecified atom stereocenters. The summed E-state index contributed by atoms with van der Waals surface area (Å²) in [6.07, 6.45) is 5.15. The summed E-state index contributed by atoms with van der Waals surface area (Å²) in [7, 11) is -2.13. The minimum absolute atomic E-state index is 0.0367. The maximum Gasteiger partial charge on any atom is 0.244 e. The molecule has 0 spiro atoms. The van der Waals surface area contributed by atoms with Gasteiger partial charge in [-0.1, -0.05) is 12.0 Å². The van der Waals surface area contributed by atoms with E-state index in [4.69, 9.17) is 12.2 Å². The Labute approximate surface area is 109 Å². The van der Waals surface area contributed by atoms with E-state index in [1.165, 1.54) is 7.05 Å². The van der Waals surface area contributed by atoms with E-state index in [-0.39, 0.29) is 11.4 Å². The molecule has 5 heteroatoms. The van der Waals surface area contributed by atoms with Gasteiger partial charge in [-0.25, -0.2) is 8.42 Å². The Morgan fingerprint density at radius 2 is 1.89 bits per heavy atom. The maximum absolute atomic E-state index is 12.4. The molecule has 2 N–H and O–H groups in total. The topological polar surface area (TPSA) is 63.4 Å². The van der Waals surface area contributed by atoms with Crippen LogP contribution in [0.3, 0.4) is 0 Å². The number of nitrogens with zero attached hydrogens (tertiary/aromatic N) is 1. The Kier molecular flexibility index (Phi) is 4.05. The number of sulfonamides is 1. The van der Waals surface area contributed by atoms with Gasteiger partial charge < -0.3 is 5.73 Å². The highest BCUT2D eigenvalue weighted by atomic mass is 32.2. The molecule has 0 aliphatic carbocycles. The van der Waals surface area contributed by atoms with E-state index in [0.717, 1.165) is 9.87 Å². The first kappa shape index (κ1) is 14.6. The molecule has 0 aliphatic rings. The summed E-state index contributed by atoms with van der Waals surface area (Å²) in [4.78, 5) is 0.253. The highest BCUT2D eigenvalue weighted by Gasteiger charge is 2.25. The van der Waals surface area contributed by atoms with Gasteiger partial charge in [-0.15, -0.1) is 6.42 Å². The highest BCUT2D eigenvalue weighted by Crippen LogP contribution is 2.29. The first-order valence-electron chi connectivity index (χ1n) is 5.49. The molecule has 0 atom stereocenters. The average molecular weight is 266 g/mol. The van der Waals surface area contributed by atoms with Gasteiger partial charge in [0.25, 0.3) is 0 Å². The van der Waals surface area contributed by atoms with E-state index >= 15 is 0 Å². The highest BCUT2D eigenvalue weighted by molar-refractivity contribution is 7.89. The smallest absolute Gasteiger partial charge is 0.244 e. The molecular formula is C13H18N2O2S. The van der Waals surface area contributed by atoms with E-state index < -0.39 is 10.0 Å². The second kappa shape index (κ2) is 5.01. The minimum Gasteiger partial charge on any atom is -0.398 e. The van der Waals surface area contributed by atoms with Crippen molar-refractivity contribution in [2.24, 2.45) is 0 Å². The zero-order valence-electron chi connectivity index (χ0n) is 11.1. The van der Waals surface area contributed by atoms with E-state index in [1.807, 2.05) is 6.92 Å². The van der Waals surface area contributed by atoms with Gasteiger partial charge in [0.05, 0.1) is 11.4 Å². The van der Waals surface area contributed by atoms with Crippen LogP contribution in [0, 0.1) is 33.1 Å². The molecule has 0 bridgehead atoms. The monoisotopic (exact) mass is 266 g/mol. The van der Waals surface area contributed by atoms with E-state index in [1.54, 1.807) is 19.9 Å². The van der Waals surface area contributed by atoms with Crippen LogP contribution in [0.15, 0.2) is 11.0 Å². The number of terminal acetylenes is 1. The van der Waals surface area contributed by atoms with E-state index in [2.05, 4.69) is 5.92 Å². The third-order valence-corrected chi connectivity index (χ3v) is 5.04. The first-order chi connectivity index (χ1) is 8.23. The minimum atomic E-state index is -3.59. The number of rotatable bonds is 3. The van der Waals surface area contributed by atoms with Gasteiger partial charge in [0.1, 0.15) is 0 Å². The fourth-order valence-electron chi connectivity index (χ4n) is 1.95. The second-order valence-electron chi connectivity index (χ2n) is 4.34. The molecule has 1 rings (SSSR count). The van der Waals surface area contributed by atoms with Gasteiger partial charge in [-0.2, -0.15) is 4.31 Å². The summed E-state index contributed by atoms with van der Waals surface area (Å²) in [5.41, 5.74) is 8.55. The van der Waals surface area contributed by atoms with Crippen molar-refractivity contribution in [3.63, 3.8) is 0 Å². The summed E-state index contributed by atoms with van der Waals surface area (Å²) >= 11 is 0. The lowest BCUT2D eigenvalue weighted by atomic mass is 10.1. The third-order valence-electron chi connectivity index (χ3n) is 2.94. The Morgan fingerprint density at radius 3 is 2.39 bits per heavy atom. The summed E-state index contributed by atoms with van der Waals surface area (Å²) in [6.45, 7) is 5.37. The van der Waals surface area contributed by atoms with Crippen molar-refractivity contribution in [2.75, 3.05) is 19.3 Å². The molecule has 0 heterocycles. The van der Waals surface area contributed by atoms with E-state index in [0.29, 0.717) is 16.8 Å². The third kappa shape index (κ3) is 2.35. The van der Waals surface area contributed by atoms with Crippen LogP contribution in [-0.4, -0.2) is 26.3 Å². The molecule has 0 amide bonds. The number of anilines is 1. The SMILES string of the molecule is C#CCN(C)S(=O)(=O)c1c(C)cc(C)c(N)c1C. The lowest BCUT2D eigenvalue weighted by molar-refractivity contribution is 0.502. The number of nitrogen functional groups attached to an aromatic ring is 1. The van der Waals surface area contributed by atoms with Crippen molar-refractivity contribution in [1.82, 2.24) is 4.31 Å². The van der Waals surface area contributed by atoms with E-state index in [9.17, 15) is 8.42 Å². The van der Waals surface area contributed by atoms with Crippen molar-refractivity contribution in [3.05, 3.63) is 22.8 Å². The van der Waals surface area contributed by atoms with Crippen LogP contribution in [0.5, 0.6) is 0 Å². The Hall–Kier alpha value is -1.51. The summed E-state index contributed by atoms with van der Waals surface area (Å²) in [5, 5.41) is 0. The molecule has 0 aliphatic heterocycles. The lowest BCUT2D eigenvalue weighted by Gasteiger charge is -2.20. The van der Waals surface area contributed by atoms with Gasteiger partial charge in [0.15, 0.2) is 0 Å². The quantitative estimate of drug-likeness (QED) is 0.665. The number of nitrogens with two attached hydrogens (primary N) is 1. The van der Waals surface area contributed by atoms with Crippen molar-refractivity contribution in [2.45, 2.75) is 25.7 Å². The average Bonchev–Trinajstić information content (AvgIpc) is 2.26. The Bertz CT molecular complexity index is 613. The largest absolute Gasteiger partial charge is 0.398 e. The molecular weight excluding hydrogens is 248 g/mol. The molecule has 4 nitrogen and oxygen atoms in total. The maximum atomic E-state index is 12.4. The molecule has 0 saturated heterocycles. The van der Waals surface area contributed by atoms with Crippen molar-refractivity contribution in [3.8, 4) is 12.3 Å². The first-order valence-corrected chi connectivity index (χ1v) is 6.93. The number of aryl methyl sites for hydroxylation is 2. The van der Waals surface area contributed by atoms with Crippen LogP contribution in [0.25, 0.3) is 0 Å². The Morgan fingerprint density at radius 1 is 1.33 bits per heavy atom. The van der Waals surface area contributed by atoms with Crippen LogP contribution in [0.1, 0.15) is 16.7 Å². The molecule has 0 radical (unpaired) electrons. The van der Waals surface area contributed by atoms with Crippen LogP contribution in [0.4, 0.5) is 5.69 Å². The zero-order chi connectivity index (χ0) is 14.1. The lowest BCUT2D eigenvalue weighted by Crippen LogP contribution is -2.28. The Balaban J connectivity index is 3.53. The van der Waals surface area contributed by atoms with Crippen LogP contribution >= 0.6 is 0 Å². The van der Waals surface area contributed by atoms with Gasteiger partial charge in [0, 0.05) is 12.7 Å². The van der Waals surface area contributed by atoms with Gasteiger partial charge in [0.2, 0.25) is 10.0 Å². The normalized spacial score (nSPS) is 11.6. The molecule has 98 valence electrons. The fourth-order valence-corrected chi connectivity index (χ4v) is 3.47. The summed E-state index contributed by atoms with van der Waals surface area (Å²) in [5.74, 6) is 2.32. The van der Waals surface area contributed by atoms with Crippen LogP contribution in [0.2, 0.25) is 0 Å². The second-order valence-corrected chi connectivity index (χ2v) is 6.33. The number of benzene rings is 1. The standard InChI is InChI=1S/C13H18N2O2S/c1-6-7-15(5)18(16,17)13-10(3)8-9(2)12(14)11(13)4/h1,8H,7,14H2,2-5H3. The van der Waals surface area contributed by atoms with Gasteiger partial charge in [-0.3, -0.25) is 0 Å². The van der Waals surface area contributed by atoms with Crippen LogP contribution < -0.4 is 5.73 Å². The molecule has 0 aromatic heterocycles. The molecule has 0 saturated carbocycles. The predicted molar refractivity (Wildman–Crippen MR) is 73.7 cm³/mol. The zero-order valence-corrected chi connectivity index (χ0v) is 11.9. The molecule has 1 aromatic rings. The molecule has 0 fully saturated rings. The fraction of sp³-hybridized carbons (Fsp3) is 0.385. The number of hydrogen-bond acceptors (Lipinski definition) is 3. The van der Waals surface area contributed by atoms with Crippen molar-refractivity contribution in [1.29, 1.82) is 0 Å². The van der Waals surface area contributed by atoms with Crippen molar-refractivity contribution < 1.29 is 8.42 Å². The summed E-state index contributed by atoms with van der Waals surface area (Å²) < 4.78 is 26.0. The molecule has 18 heavy (non-hydrogen) atoms. The summed E-state index contributed by atoms with van der Waals surface area (Å²) in [6, 6.07) is 1.78. The number of hydrogen-bond donors (Lipinski definition) is 1.